The highest BCUT2D eigenvalue weighted by Gasteiger charge is 2.23. The third-order valence-electron chi connectivity index (χ3n) is 6.14. The molecule has 0 aromatic heterocycles. The molecular weight excluding hydrogens is 443 g/mol. The average molecular weight is 482 g/mol. The van der Waals surface area contributed by atoms with Crippen LogP contribution in [0.25, 0.3) is 10.8 Å². The number of carbonyl (C=O) groups excluding carboxylic acids is 2. The minimum absolute atomic E-state index is 0. The Morgan fingerprint density at radius 3 is 1.81 bits per heavy atom. The Balaban J connectivity index is 0.00000256. The van der Waals surface area contributed by atoms with E-state index in [0.717, 1.165) is 68.1 Å². The van der Waals surface area contributed by atoms with Crippen LogP contribution in [-0.4, -0.2) is 62.6 Å². The quantitative estimate of drug-likeness (QED) is 0.292. The Morgan fingerprint density at radius 1 is 0.719 bits per heavy atom. The zero-order valence-corrected chi connectivity index (χ0v) is 21.5. The second kappa shape index (κ2) is 13.3. The molecule has 32 heavy (non-hydrogen) atoms. The minimum atomic E-state index is 0. The maximum Gasteiger partial charge on any atom is 0.163 e. The molecule has 0 atom stereocenters. The smallest absolute Gasteiger partial charge is 0.163 e. The summed E-state index contributed by atoms with van der Waals surface area (Å²) in [6, 6.07) is 8.11. The van der Waals surface area contributed by atoms with Crippen LogP contribution in [0.4, 0.5) is 0 Å². The summed E-state index contributed by atoms with van der Waals surface area (Å²) in [5.74, 6) is 0.472. The highest BCUT2D eigenvalue weighted by atomic mass is 35.5. The summed E-state index contributed by atoms with van der Waals surface area (Å²) in [5, 5.41) is 2.22. The summed E-state index contributed by atoms with van der Waals surface area (Å²) in [6.45, 7) is 2.03. The van der Waals surface area contributed by atoms with Crippen molar-refractivity contribution in [3.8, 4) is 0 Å². The van der Waals surface area contributed by atoms with Crippen molar-refractivity contribution in [3.05, 3.63) is 46.5 Å². The van der Waals surface area contributed by atoms with Crippen LogP contribution in [0.3, 0.4) is 0 Å². The van der Waals surface area contributed by atoms with E-state index < -0.39 is 0 Å². The summed E-state index contributed by atoms with van der Waals surface area (Å²) < 4.78 is 0. The Labute approximate surface area is 205 Å². The van der Waals surface area contributed by atoms with Crippen molar-refractivity contribution in [2.45, 2.75) is 51.4 Å². The molecule has 0 unspecified atom stereocenters. The van der Waals surface area contributed by atoms with Crippen LogP contribution >= 0.6 is 24.8 Å². The molecule has 0 saturated carbocycles. The van der Waals surface area contributed by atoms with Gasteiger partial charge in [-0.2, -0.15) is 0 Å². The second-order valence-corrected chi connectivity index (χ2v) is 9.15. The molecule has 2 aromatic carbocycles. The molecule has 0 bridgehead atoms. The van der Waals surface area contributed by atoms with Gasteiger partial charge < -0.3 is 9.80 Å². The number of halogens is 2. The van der Waals surface area contributed by atoms with Crippen molar-refractivity contribution in [2.24, 2.45) is 0 Å². The van der Waals surface area contributed by atoms with E-state index >= 15 is 0 Å². The van der Waals surface area contributed by atoms with Crippen molar-refractivity contribution in [2.75, 3.05) is 41.3 Å². The maximum atomic E-state index is 12.9. The Kier molecular flexibility index (Phi) is 11.9. The lowest BCUT2D eigenvalue weighted by Crippen LogP contribution is -2.13. The summed E-state index contributed by atoms with van der Waals surface area (Å²) in [5.41, 5.74) is 4.15. The molecule has 3 rings (SSSR count). The number of benzene rings is 2. The standard InChI is InChI=1S/C26H36N2O2.2ClH/c1-27(2)17-7-5-9-24(29)20-13-11-19-12-14-22-21(15-16-23(20)26(19)22)25(30)10-6-8-18-28(3)4;;/h11,13,15-16H,5-10,12,14,17-18H2,1-4H3;2*1H. The van der Waals surface area contributed by atoms with Gasteiger partial charge in [0, 0.05) is 24.0 Å². The Bertz CT molecular complexity index is 926. The number of aryl methyl sites for hydroxylation is 2. The number of unbranched alkanes of at least 4 members (excludes halogenated alkanes) is 2. The summed E-state index contributed by atoms with van der Waals surface area (Å²) >= 11 is 0. The summed E-state index contributed by atoms with van der Waals surface area (Å²) in [6.07, 6.45) is 6.98. The lowest BCUT2D eigenvalue weighted by Gasteiger charge is -2.13. The first kappa shape index (κ1) is 28.6. The largest absolute Gasteiger partial charge is 0.309 e. The first-order chi connectivity index (χ1) is 14.4. The molecule has 1 aliphatic carbocycles. The molecule has 0 spiro atoms. The van der Waals surface area contributed by atoms with Crippen LogP contribution in [0.5, 0.6) is 0 Å². The number of ketones is 2. The number of Topliss-reactive ketones (excluding diaryl/α,β-unsaturated/α-hetero) is 2. The van der Waals surface area contributed by atoms with Crippen LogP contribution in [0, 0.1) is 0 Å². The van der Waals surface area contributed by atoms with Crippen LogP contribution < -0.4 is 0 Å². The average Bonchev–Trinajstić information content (AvgIpc) is 3.14. The minimum Gasteiger partial charge on any atom is -0.309 e. The molecule has 2 aromatic rings. The Hall–Kier alpha value is -1.46. The van der Waals surface area contributed by atoms with Crippen molar-refractivity contribution >= 4 is 47.2 Å². The third kappa shape index (κ3) is 7.02. The van der Waals surface area contributed by atoms with Gasteiger partial charge in [-0.05, 0) is 102 Å². The number of hydrogen-bond donors (Lipinski definition) is 0. The fourth-order valence-electron chi connectivity index (χ4n) is 4.52. The van der Waals surface area contributed by atoms with Gasteiger partial charge in [-0.1, -0.05) is 24.3 Å². The molecular formula is C26H38Cl2N2O2. The van der Waals surface area contributed by atoms with Crippen LogP contribution in [0.15, 0.2) is 24.3 Å². The molecule has 0 fully saturated rings. The maximum absolute atomic E-state index is 12.9. The van der Waals surface area contributed by atoms with Gasteiger partial charge in [-0.15, -0.1) is 24.8 Å². The molecule has 0 heterocycles. The van der Waals surface area contributed by atoms with Gasteiger partial charge in [-0.25, -0.2) is 0 Å². The van der Waals surface area contributed by atoms with Gasteiger partial charge in [0.15, 0.2) is 11.6 Å². The van der Waals surface area contributed by atoms with Gasteiger partial charge in [0.25, 0.3) is 0 Å². The van der Waals surface area contributed by atoms with E-state index in [4.69, 9.17) is 0 Å². The molecule has 0 radical (unpaired) electrons. The predicted molar refractivity (Wildman–Crippen MR) is 139 cm³/mol. The van der Waals surface area contributed by atoms with E-state index in [9.17, 15) is 9.59 Å². The van der Waals surface area contributed by atoms with Gasteiger partial charge >= 0.3 is 0 Å². The topological polar surface area (TPSA) is 40.6 Å². The summed E-state index contributed by atoms with van der Waals surface area (Å²) in [4.78, 5) is 30.1. The normalized spacial score (nSPS) is 12.2. The van der Waals surface area contributed by atoms with Crippen molar-refractivity contribution in [1.29, 1.82) is 0 Å². The van der Waals surface area contributed by atoms with E-state index in [0.29, 0.717) is 12.8 Å². The molecule has 0 aliphatic heterocycles. The predicted octanol–water partition coefficient (Wildman–Crippen LogP) is 5.61. The number of carbonyl (C=O) groups is 2. The molecule has 0 saturated heterocycles. The molecule has 1 aliphatic rings. The number of nitrogens with zero attached hydrogens (tertiary/aromatic N) is 2. The Morgan fingerprint density at radius 2 is 1.25 bits per heavy atom. The van der Waals surface area contributed by atoms with E-state index in [1.54, 1.807) is 0 Å². The van der Waals surface area contributed by atoms with Gasteiger partial charge in [-0.3, -0.25) is 9.59 Å². The van der Waals surface area contributed by atoms with E-state index in [-0.39, 0.29) is 36.4 Å². The highest BCUT2D eigenvalue weighted by molar-refractivity contribution is 6.12. The van der Waals surface area contributed by atoms with Gasteiger partial charge in [0.05, 0.1) is 0 Å². The monoisotopic (exact) mass is 480 g/mol. The molecule has 6 heteroatoms. The fourth-order valence-corrected chi connectivity index (χ4v) is 4.52. The van der Waals surface area contributed by atoms with E-state index in [1.165, 1.54) is 16.5 Å². The molecule has 0 amide bonds. The first-order valence-corrected chi connectivity index (χ1v) is 11.3. The summed E-state index contributed by atoms with van der Waals surface area (Å²) in [7, 11) is 8.25. The molecule has 178 valence electrons. The first-order valence-electron chi connectivity index (χ1n) is 11.3. The van der Waals surface area contributed by atoms with E-state index in [2.05, 4.69) is 44.1 Å². The van der Waals surface area contributed by atoms with Crippen molar-refractivity contribution in [1.82, 2.24) is 9.80 Å². The number of hydrogen-bond acceptors (Lipinski definition) is 4. The van der Waals surface area contributed by atoms with Crippen molar-refractivity contribution in [3.63, 3.8) is 0 Å². The van der Waals surface area contributed by atoms with Crippen LogP contribution in [0.2, 0.25) is 0 Å². The second-order valence-electron chi connectivity index (χ2n) is 9.15. The zero-order valence-electron chi connectivity index (χ0n) is 19.9. The van der Waals surface area contributed by atoms with Crippen molar-refractivity contribution < 1.29 is 9.59 Å². The fraction of sp³-hybridized carbons (Fsp3) is 0.538. The SMILES string of the molecule is CN(C)CCCCC(=O)c1ccc2c(C(=O)CCCCN(C)C)ccc3c2c1CC3.Cl.Cl. The number of rotatable bonds is 12. The van der Waals surface area contributed by atoms with Crippen LogP contribution in [-0.2, 0) is 12.8 Å². The highest BCUT2D eigenvalue weighted by Crippen LogP contribution is 2.36. The third-order valence-corrected chi connectivity index (χ3v) is 6.14. The van der Waals surface area contributed by atoms with Gasteiger partial charge in [0.1, 0.15) is 0 Å². The zero-order chi connectivity index (χ0) is 21.7. The van der Waals surface area contributed by atoms with Crippen LogP contribution in [0.1, 0.15) is 70.4 Å². The lowest BCUT2D eigenvalue weighted by molar-refractivity contribution is 0.0971. The van der Waals surface area contributed by atoms with E-state index in [1.807, 2.05) is 18.2 Å². The van der Waals surface area contributed by atoms with Gasteiger partial charge in [0.2, 0.25) is 0 Å². The molecule has 4 nitrogen and oxygen atoms in total. The molecule has 0 N–H and O–H groups in total. The lowest BCUT2D eigenvalue weighted by atomic mass is 9.91.